The maximum absolute atomic E-state index is 13.7. The molecule has 1 amide bonds. The summed E-state index contributed by atoms with van der Waals surface area (Å²) in [5.41, 5.74) is 0.360. The monoisotopic (exact) mass is 426 g/mol. The van der Waals surface area contributed by atoms with Crippen LogP contribution in [0.2, 0.25) is 5.02 Å². The van der Waals surface area contributed by atoms with Gasteiger partial charge in [0.25, 0.3) is 5.91 Å². The SMILES string of the molecule is N#C/C(=C\c1c(F)cccc1Cl)C(=O)Nc1ccccc1I. The normalized spacial score (nSPS) is 10.9. The molecule has 6 heteroatoms. The van der Waals surface area contributed by atoms with Gasteiger partial charge in [-0.2, -0.15) is 5.26 Å². The van der Waals surface area contributed by atoms with E-state index in [-0.39, 0.29) is 16.2 Å². The summed E-state index contributed by atoms with van der Waals surface area (Å²) in [5.74, 6) is -1.21. The van der Waals surface area contributed by atoms with Crippen LogP contribution in [-0.4, -0.2) is 5.91 Å². The van der Waals surface area contributed by atoms with Gasteiger partial charge in [0.1, 0.15) is 17.5 Å². The Morgan fingerprint density at radius 2 is 2.00 bits per heavy atom. The van der Waals surface area contributed by atoms with Crippen molar-refractivity contribution >= 4 is 51.9 Å². The van der Waals surface area contributed by atoms with Crippen LogP contribution in [0.15, 0.2) is 48.0 Å². The smallest absolute Gasteiger partial charge is 0.266 e. The second-order valence-electron chi connectivity index (χ2n) is 4.24. The third-order valence-corrected chi connectivity index (χ3v) is 4.05. The number of halogens is 3. The Morgan fingerprint density at radius 3 is 2.64 bits per heavy atom. The number of nitriles is 1. The fraction of sp³-hybridized carbons (Fsp3) is 0. The van der Waals surface area contributed by atoms with Crippen LogP contribution in [0, 0.1) is 20.7 Å². The molecule has 22 heavy (non-hydrogen) atoms. The van der Waals surface area contributed by atoms with Crippen molar-refractivity contribution in [1.29, 1.82) is 5.26 Å². The van der Waals surface area contributed by atoms with Crippen molar-refractivity contribution in [2.45, 2.75) is 0 Å². The lowest BCUT2D eigenvalue weighted by Crippen LogP contribution is -2.14. The molecule has 0 heterocycles. The first-order valence-corrected chi connectivity index (χ1v) is 7.60. The molecule has 0 saturated heterocycles. The molecule has 0 aliphatic rings. The molecule has 110 valence electrons. The highest BCUT2D eigenvalue weighted by molar-refractivity contribution is 14.1. The molecule has 0 saturated carbocycles. The standard InChI is InChI=1S/C16H9ClFIN2O/c17-12-4-3-5-13(18)11(12)8-10(9-20)16(22)21-15-7-2-1-6-14(15)19/h1-8H,(H,21,22)/b10-8+. The molecular weight excluding hydrogens is 418 g/mol. The van der Waals surface area contributed by atoms with Gasteiger partial charge in [-0.25, -0.2) is 4.39 Å². The Bertz CT molecular complexity index is 779. The summed E-state index contributed by atoms with van der Waals surface area (Å²) >= 11 is 7.96. The molecule has 2 aromatic rings. The molecule has 0 fully saturated rings. The second-order valence-corrected chi connectivity index (χ2v) is 5.81. The number of nitrogens with one attached hydrogen (secondary N) is 1. The summed E-state index contributed by atoms with van der Waals surface area (Å²) in [6.07, 6.45) is 1.14. The van der Waals surface area contributed by atoms with Crippen LogP contribution in [0.25, 0.3) is 6.08 Å². The molecule has 0 bridgehead atoms. The molecule has 1 N–H and O–H groups in total. The van der Waals surface area contributed by atoms with E-state index in [1.54, 1.807) is 18.2 Å². The minimum atomic E-state index is -0.620. The highest BCUT2D eigenvalue weighted by Crippen LogP contribution is 2.23. The zero-order valence-electron chi connectivity index (χ0n) is 11.1. The van der Waals surface area contributed by atoms with Crippen LogP contribution >= 0.6 is 34.2 Å². The van der Waals surface area contributed by atoms with Gasteiger partial charge in [-0.1, -0.05) is 29.8 Å². The maximum Gasteiger partial charge on any atom is 0.266 e. The van der Waals surface area contributed by atoms with Crippen LogP contribution in [0.4, 0.5) is 10.1 Å². The Morgan fingerprint density at radius 1 is 1.27 bits per heavy atom. The van der Waals surface area contributed by atoms with Crippen LogP contribution in [-0.2, 0) is 4.79 Å². The third kappa shape index (κ3) is 3.84. The van der Waals surface area contributed by atoms with Crippen molar-refractivity contribution in [3.05, 3.63) is 68.0 Å². The molecule has 2 aromatic carbocycles. The maximum atomic E-state index is 13.7. The fourth-order valence-electron chi connectivity index (χ4n) is 1.69. The summed E-state index contributed by atoms with van der Waals surface area (Å²) in [6, 6.07) is 13.0. The number of nitrogens with zero attached hydrogens (tertiary/aromatic N) is 1. The molecule has 3 nitrogen and oxygen atoms in total. The van der Waals surface area contributed by atoms with E-state index in [9.17, 15) is 9.18 Å². The van der Waals surface area contributed by atoms with Gasteiger partial charge in [0, 0.05) is 9.13 Å². The second kappa shape index (κ2) is 7.38. The summed E-state index contributed by atoms with van der Waals surface area (Å²) in [6.45, 7) is 0. The average molecular weight is 427 g/mol. The van der Waals surface area contributed by atoms with Gasteiger partial charge in [0.2, 0.25) is 0 Å². The number of benzene rings is 2. The van der Waals surface area contributed by atoms with Crippen molar-refractivity contribution in [2.75, 3.05) is 5.32 Å². The summed E-state index contributed by atoms with van der Waals surface area (Å²) in [7, 11) is 0. The fourth-order valence-corrected chi connectivity index (χ4v) is 2.43. The predicted octanol–water partition coefficient (Wildman–Crippen LogP) is 4.63. The number of amides is 1. The van der Waals surface area contributed by atoms with Crippen LogP contribution in [0.1, 0.15) is 5.56 Å². The van der Waals surface area contributed by atoms with E-state index in [1.165, 1.54) is 18.2 Å². The summed E-state index contributed by atoms with van der Waals surface area (Å²) in [4.78, 5) is 12.2. The zero-order chi connectivity index (χ0) is 16.1. The lowest BCUT2D eigenvalue weighted by Gasteiger charge is -2.07. The molecule has 0 spiro atoms. The number of hydrogen-bond acceptors (Lipinski definition) is 2. The molecule has 2 rings (SSSR count). The van der Waals surface area contributed by atoms with Crippen LogP contribution in [0.3, 0.4) is 0 Å². The minimum Gasteiger partial charge on any atom is -0.320 e. The van der Waals surface area contributed by atoms with Crippen molar-refractivity contribution < 1.29 is 9.18 Å². The lowest BCUT2D eigenvalue weighted by molar-refractivity contribution is -0.112. The number of para-hydroxylation sites is 1. The van der Waals surface area contributed by atoms with Crippen molar-refractivity contribution in [2.24, 2.45) is 0 Å². The number of carbonyl (C=O) groups is 1. The van der Waals surface area contributed by atoms with Crippen molar-refractivity contribution in [3.8, 4) is 6.07 Å². The molecule has 0 atom stereocenters. The van der Waals surface area contributed by atoms with Gasteiger partial charge in [0.05, 0.1) is 10.7 Å². The summed E-state index contributed by atoms with van der Waals surface area (Å²) in [5, 5.41) is 11.9. The third-order valence-electron chi connectivity index (χ3n) is 2.78. The zero-order valence-corrected chi connectivity index (χ0v) is 14.0. The van der Waals surface area contributed by atoms with Crippen molar-refractivity contribution in [3.63, 3.8) is 0 Å². The highest BCUT2D eigenvalue weighted by Gasteiger charge is 2.13. The quantitative estimate of drug-likeness (QED) is 0.442. The lowest BCUT2D eigenvalue weighted by atomic mass is 10.1. The van der Waals surface area contributed by atoms with E-state index < -0.39 is 11.7 Å². The first kappa shape index (κ1) is 16.5. The molecule has 0 radical (unpaired) electrons. The van der Waals surface area contributed by atoms with Gasteiger partial charge >= 0.3 is 0 Å². The average Bonchev–Trinajstić information content (AvgIpc) is 2.49. The topological polar surface area (TPSA) is 52.9 Å². The first-order valence-electron chi connectivity index (χ1n) is 6.14. The van der Waals surface area contributed by atoms with E-state index in [0.29, 0.717) is 5.69 Å². The van der Waals surface area contributed by atoms with Gasteiger partial charge < -0.3 is 5.32 Å². The summed E-state index contributed by atoms with van der Waals surface area (Å²) < 4.78 is 14.6. The minimum absolute atomic E-state index is 0.0126. The predicted molar refractivity (Wildman–Crippen MR) is 92.8 cm³/mol. The Hall–Kier alpha value is -1.91. The Balaban J connectivity index is 2.33. The molecule has 0 unspecified atom stereocenters. The van der Waals surface area contributed by atoms with E-state index >= 15 is 0 Å². The van der Waals surface area contributed by atoms with Crippen LogP contribution < -0.4 is 5.32 Å². The Labute approximate surface area is 145 Å². The largest absolute Gasteiger partial charge is 0.320 e. The van der Waals surface area contributed by atoms with E-state index in [0.717, 1.165) is 9.65 Å². The van der Waals surface area contributed by atoms with Gasteiger partial charge in [-0.15, -0.1) is 0 Å². The van der Waals surface area contributed by atoms with Gasteiger partial charge in [-0.05, 0) is 52.9 Å². The number of hydrogen-bond donors (Lipinski definition) is 1. The Kier molecular flexibility index (Phi) is 5.52. The van der Waals surface area contributed by atoms with Crippen LogP contribution in [0.5, 0.6) is 0 Å². The first-order chi connectivity index (χ1) is 10.5. The number of carbonyl (C=O) groups excluding carboxylic acids is 1. The van der Waals surface area contributed by atoms with E-state index in [1.807, 2.05) is 12.1 Å². The molecule has 0 aromatic heterocycles. The number of rotatable bonds is 3. The number of anilines is 1. The molecular formula is C16H9ClFIN2O. The van der Waals surface area contributed by atoms with E-state index in [2.05, 4.69) is 27.9 Å². The van der Waals surface area contributed by atoms with Gasteiger partial charge in [-0.3, -0.25) is 4.79 Å². The molecule has 0 aliphatic heterocycles. The van der Waals surface area contributed by atoms with E-state index in [4.69, 9.17) is 16.9 Å². The molecule has 0 aliphatic carbocycles. The van der Waals surface area contributed by atoms with Gasteiger partial charge in [0.15, 0.2) is 0 Å². The van der Waals surface area contributed by atoms with Crippen molar-refractivity contribution in [1.82, 2.24) is 0 Å². The highest BCUT2D eigenvalue weighted by atomic mass is 127.